The summed E-state index contributed by atoms with van der Waals surface area (Å²) in [5.41, 5.74) is 5.74. The van der Waals surface area contributed by atoms with Crippen LogP contribution in [0.25, 0.3) is 0 Å². The predicted molar refractivity (Wildman–Crippen MR) is 61.4 cm³/mol. The van der Waals surface area contributed by atoms with Gasteiger partial charge in [-0.2, -0.15) is 0 Å². The minimum Gasteiger partial charge on any atom is -0.494 e. The van der Waals surface area contributed by atoms with Gasteiger partial charge in [-0.15, -0.1) is 0 Å². The molecule has 1 aliphatic heterocycles. The van der Waals surface area contributed by atoms with Crippen LogP contribution < -0.4 is 11.1 Å². The lowest BCUT2D eigenvalue weighted by Gasteiger charge is -2.32. The summed E-state index contributed by atoms with van der Waals surface area (Å²) in [7, 11) is 0. The minimum absolute atomic E-state index is 0.393. The lowest BCUT2D eigenvalue weighted by atomic mass is 9.81. The highest BCUT2D eigenvalue weighted by atomic mass is 16.5. The first-order chi connectivity index (χ1) is 7.24. The van der Waals surface area contributed by atoms with Crippen LogP contribution in [0, 0.1) is 5.92 Å². The quantitative estimate of drug-likeness (QED) is 0.737. The van der Waals surface area contributed by atoms with Crippen molar-refractivity contribution in [2.75, 3.05) is 13.1 Å². The Kier molecular flexibility index (Phi) is 3.65. The maximum absolute atomic E-state index is 5.74. The Morgan fingerprint density at radius 2 is 2.33 bits per heavy atom. The maximum atomic E-state index is 5.74. The Balaban J connectivity index is 1.59. The van der Waals surface area contributed by atoms with Gasteiger partial charge in [0.2, 0.25) is 0 Å². The van der Waals surface area contributed by atoms with Gasteiger partial charge in [-0.3, -0.25) is 0 Å². The molecule has 0 aromatic heterocycles. The fourth-order valence-corrected chi connectivity index (χ4v) is 2.31. The van der Waals surface area contributed by atoms with Crippen LogP contribution in [0.4, 0.5) is 0 Å². The van der Waals surface area contributed by atoms with Crippen molar-refractivity contribution in [2.45, 2.75) is 44.8 Å². The van der Waals surface area contributed by atoms with E-state index in [-0.39, 0.29) is 0 Å². The van der Waals surface area contributed by atoms with Gasteiger partial charge in [0.05, 0.1) is 12.6 Å². The molecule has 1 atom stereocenters. The summed E-state index contributed by atoms with van der Waals surface area (Å²) in [6, 6.07) is 0.460. The molecule has 1 fully saturated rings. The van der Waals surface area contributed by atoms with E-state index in [1.165, 1.54) is 12.8 Å². The van der Waals surface area contributed by atoms with Crippen LogP contribution in [-0.2, 0) is 4.74 Å². The van der Waals surface area contributed by atoms with E-state index in [1.54, 1.807) is 0 Å². The summed E-state index contributed by atoms with van der Waals surface area (Å²) in [6.07, 6.45) is 7.28. The maximum Gasteiger partial charge on any atom is 0.106 e. The van der Waals surface area contributed by atoms with E-state index in [1.807, 2.05) is 0 Å². The zero-order valence-corrected chi connectivity index (χ0v) is 9.54. The van der Waals surface area contributed by atoms with Crippen LogP contribution in [0.1, 0.15) is 32.6 Å². The SMILES string of the molecule is CC1CCC=C(CNCC2CC(N)C2)O1. The Hall–Kier alpha value is -0.540. The van der Waals surface area contributed by atoms with Crippen LogP contribution in [0.2, 0.25) is 0 Å². The largest absolute Gasteiger partial charge is 0.494 e. The van der Waals surface area contributed by atoms with E-state index in [0.717, 1.165) is 37.6 Å². The molecule has 2 rings (SSSR count). The number of hydrogen-bond donors (Lipinski definition) is 2. The molecule has 15 heavy (non-hydrogen) atoms. The van der Waals surface area contributed by atoms with Crippen molar-refractivity contribution in [1.82, 2.24) is 5.32 Å². The third-order valence-electron chi connectivity index (χ3n) is 3.30. The molecular weight excluding hydrogens is 188 g/mol. The number of nitrogens with one attached hydrogen (secondary N) is 1. The molecule has 2 aliphatic rings. The molecule has 3 nitrogen and oxygen atoms in total. The normalized spacial score (nSPS) is 35.3. The second-order valence-corrected chi connectivity index (χ2v) is 4.90. The Morgan fingerprint density at radius 1 is 1.53 bits per heavy atom. The van der Waals surface area contributed by atoms with Crippen molar-refractivity contribution in [3.63, 3.8) is 0 Å². The van der Waals surface area contributed by atoms with E-state index >= 15 is 0 Å². The third kappa shape index (κ3) is 3.21. The van der Waals surface area contributed by atoms with Crippen LogP contribution in [0.5, 0.6) is 0 Å². The molecule has 1 saturated carbocycles. The zero-order valence-electron chi connectivity index (χ0n) is 9.54. The van der Waals surface area contributed by atoms with E-state index in [2.05, 4.69) is 18.3 Å². The van der Waals surface area contributed by atoms with Gasteiger partial charge in [0.1, 0.15) is 5.76 Å². The molecule has 0 aromatic rings. The molecule has 0 saturated heterocycles. The van der Waals surface area contributed by atoms with Gasteiger partial charge >= 0.3 is 0 Å². The summed E-state index contributed by atoms with van der Waals surface area (Å²) >= 11 is 0. The highest BCUT2D eigenvalue weighted by Gasteiger charge is 2.25. The smallest absolute Gasteiger partial charge is 0.106 e. The molecule has 0 amide bonds. The average Bonchev–Trinajstić information content (AvgIpc) is 2.15. The third-order valence-corrected chi connectivity index (χ3v) is 3.30. The molecule has 0 radical (unpaired) electrons. The second kappa shape index (κ2) is 4.99. The standard InChI is InChI=1S/C12H22N2O/c1-9-3-2-4-12(15-9)8-14-7-10-5-11(13)6-10/h4,9-11,14H,2-3,5-8,13H2,1H3. The Labute approximate surface area is 92.1 Å². The van der Waals surface area contributed by atoms with E-state index in [9.17, 15) is 0 Å². The van der Waals surface area contributed by atoms with Gasteiger partial charge in [0.15, 0.2) is 0 Å². The van der Waals surface area contributed by atoms with Crippen LogP contribution >= 0.6 is 0 Å². The minimum atomic E-state index is 0.393. The molecule has 1 heterocycles. The summed E-state index contributed by atoms with van der Waals surface area (Å²) < 4.78 is 5.71. The lowest BCUT2D eigenvalue weighted by Crippen LogP contribution is -2.41. The topological polar surface area (TPSA) is 47.3 Å². The first-order valence-electron chi connectivity index (χ1n) is 6.06. The van der Waals surface area contributed by atoms with Gasteiger partial charge in [-0.25, -0.2) is 0 Å². The molecular formula is C12H22N2O. The Bertz CT molecular complexity index is 234. The summed E-state index contributed by atoms with van der Waals surface area (Å²) in [4.78, 5) is 0. The van der Waals surface area contributed by atoms with E-state index in [4.69, 9.17) is 10.5 Å². The number of allylic oxidation sites excluding steroid dienone is 1. The van der Waals surface area contributed by atoms with Gasteiger partial charge in [-0.1, -0.05) is 0 Å². The highest BCUT2D eigenvalue weighted by molar-refractivity contribution is 4.99. The molecule has 0 aromatic carbocycles. The Morgan fingerprint density at radius 3 is 3.00 bits per heavy atom. The van der Waals surface area contributed by atoms with Gasteiger partial charge in [0, 0.05) is 6.04 Å². The number of rotatable bonds is 4. The number of hydrogen-bond acceptors (Lipinski definition) is 3. The second-order valence-electron chi connectivity index (χ2n) is 4.90. The van der Waals surface area contributed by atoms with Crippen molar-refractivity contribution in [2.24, 2.45) is 11.7 Å². The van der Waals surface area contributed by atoms with Crippen LogP contribution in [-0.4, -0.2) is 25.2 Å². The summed E-state index contributed by atoms with van der Waals surface area (Å²) in [5.74, 6) is 1.92. The van der Waals surface area contributed by atoms with Crippen molar-refractivity contribution in [3.05, 3.63) is 11.8 Å². The molecule has 3 N–H and O–H groups in total. The molecule has 1 unspecified atom stereocenters. The fourth-order valence-electron chi connectivity index (χ4n) is 2.31. The molecule has 86 valence electrons. The predicted octanol–water partition coefficient (Wildman–Crippen LogP) is 1.40. The highest BCUT2D eigenvalue weighted by Crippen LogP contribution is 2.24. The fraction of sp³-hybridized carbons (Fsp3) is 0.833. The molecule has 1 aliphatic carbocycles. The van der Waals surface area contributed by atoms with Crippen LogP contribution in [0.15, 0.2) is 11.8 Å². The molecule has 0 bridgehead atoms. The lowest BCUT2D eigenvalue weighted by molar-refractivity contribution is 0.105. The van der Waals surface area contributed by atoms with E-state index in [0.29, 0.717) is 12.1 Å². The monoisotopic (exact) mass is 210 g/mol. The zero-order chi connectivity index (χ0) is 10.7. The van der Waals surface area contributed by atoms with Crippen molar-refractivity contribution in [3.8, 4) is 0 Å². The summed E-state index contributed by atoms with van der Waals surface area (Å²) in [5, 5.41) is 3.45. The summed E-state index contributed by atoms with van der Waals surface area (Å²) in [6.45, 7) is 4.11. The first-order valence-corrected chi connectivity index (χ1v) is 6.06. The van der Waals surface area contributed by atoms with Crippen molar-refractivity contribution >= 4 is 0 Å². The average molecular weight is 210 g/mol. The van der Waals surface area contributed by atoms with Gasteiger partial charge < -0.3 is 15.8 Å². The molecule has 0 spiro atoms. The van der Waals surface area contributed by atoms with Gasteiger partial charge in [-0.05, 0) is 51.1 Å². The number of ether oxygens (including phenoxy) is 1. The van der Waals surface area contributed by atoms with E-state index < -0.39 is 0 Å². The van der Waals surface area contributed by atoms with Crippen molar-refractivity contribution < 1.29 is 4.74 Å². The molecule has 3 heteroatoms. The first kappa shape index (κ1) is 11.0. The van der Waals surface area contributed by atoms with Crippen molar-refractivity contribution in [1.29, 1.82) is 0 Å². The van der Waals surface area contributed by atoms with Gasteiger partial charge in [0.25, 0.3) is 0 Å². The van der Waals surface area contributed by atoms with Crippen LogP contribution in [0.3, 0.4) is 0 Å². The number of nitrogens with two attached hydrogens (primary N) is 1.